The summed E-state index contributed by atoms with van der Waals surface area (Å²) in [6.45, 7) is 0.552. The monoisotopic (exact) mass is 340 g/mol. The first-order valence-electron chi connectivity index (χ1n) is 8.87. The molecule has 0 spiro atoms. The average Bonchev–Trinajstić information content (AvgIpc) is 3.08. The standard InChI is InChI=1S/C19H24N4O2/c1-22(2)14-8-13(9-14)16-10-20-17-4-3-12(7-15(16)17)5-6-23-18(24)11-21-19(23)25/h3-4,7,10,13-14,20H,5-6,8-9,11H2,1-2H3,(H,21,25)/t13-,14-. The van der Waals surface area contributed by atoms with E-state index in [1.807, 2.05) is 0 Å². The van der Waals surface area contributed by atoms with E-state index in [0.29, 0.717) is 24.9 Å². The first-order valence-corrected chi connectivity index (χ1v) is 8.87. The Labute approximate surface area is 147 Å². The zero-order chi connectivity index (χ0) is 17.6. The highest BCUT2D eigenvalue weighted by atomic mass is 16.2. The molecule has 1 aromatic heterocycles. The smallest absolute Gasteiger partial charge is 0.324 e. The van der Waals surface area contributed by atoms with E-state index in [1.165, 1.54) is 28.7 Å². The first-order chi connectivity index (χ1) is 12.0. The molecule has 1 saturated carbocycles. The molecule has 2 N–H and O–H groups in total. The van der Waals surface area contributed by atoms with Crippen LogP contribution in [0.5, 0.6) is 0 Å². The fraction of sp³-hybridized carbons (Fsp3) is 0.474. The summed E-state index contributed by atoms with van der Waals surface area (Å²) < 4.78 is 0. The molecule has 2 aliphatic rings. The molecule has 1 aliphatic carbocycles. The van der Waals surface area contributed by atoms with E-state index in [2.05, 4.69) is 53.7 Å². The van der Waals surface area contributed by atoms with E-state index in [0.717, 1.165) is 11.1 Å². The summed E-state index contributed by atoms with van der Waals surface area (Å²) in [4.78, 5) is 30.3. The van der Waals surface area contributed by atoms with E-state index >= 15 is 0 Å². The lowest BCUT2D eigenvalue weighted by atomic mass is 9.75. The fourth-order valence-electron chi connectivity index (χ4n) is 3.87. The van der Waals surface area contributed by atoms with Crippen molar-refractivity contribution in [2.75, 3.05) is 27.2 Å². The van der Waals surface area contributed by atoms with Crippen molar-refractivity contribution in [1.82, 2.24) is 20.1 Å². The van der Waals surface area contributed by atoms with Gasteiger partial charge in [-0.3, -0.25) is 9.69 Å². The molecule has 6 nitrogen and oxygen atoms in total. The zero-order valence-electron chi connectivity index (χ0n) is 14.7. The van der Waals surface area contributed by atoms with Gasteiger partial charge in [-0.1, -0.05) is 6.07 Å². The minimum absolute atomic E-state index is 0.120. The van der Waals surface area contributed by atoms with Gasteiger partial charge in [0, 0.05) is 29.7 Å². The van der Waals surface area contributed by atoms with Crippen LogP contribution in [0.1, 0.15) is 29.9 Å². The van der Waals surface area contributed by atoms with Crippen molar-refractivity contribution in [3.05, 3.63) is 35.5 Å². The predicted molar refractivity (Wildman–Crippen MR) is 96.6 cm³/mol. The second kappa shape index (κ2) is 6.19. The summed E-state index contributed by atoms with van der Waals surface area (Å²) in [5.74, 6) is 0.472. The van der Waals surface area contributed by atoms with Gasteiger partial charge in [0.2, 0.25) is 5.91 Å². The zero-order valence-corrected chi connectivity index (χ0v) is 14.7. The summed E-state index contributed by atoms with van der Waals surface area (Å²) in [6, 6.07) is 6.78. The Morgan fingerprint density at radius 2 is 2.04 bits per heavy atom. The van der Waals surface area contributed by atoms with Gasteiger partial charge in [0.1, 0.15) is 0 Å². The third-order valence-corrected chi connectivity index (χ3v) is 5.62. The molecule has 3 amide bonds. The highest BCUT2D eigenvalue weighted by molar-refractivity contribution is 6.01. The Hall–Kier alpha value is -2.34. The number of hydrogen-bond acceptors (Lipinski definition) is 3. The van der Waals surface area contributed by atoms with Crippen LogP contribution in [0.4, 0.5) is 4.79 Å². The molecule has 0 unspecified atom stereocenters. The van der Waals surface area contributed by atoms with Gasteiger partial charge < -0.3 is 15.2 Å². The number of urea groups is 1. The van der Waals surface area contributed by atoms with Crippen molar-refractivity contribution < 1.29 is 9.59 Å². The van der Waals surface area contributed by atoms with Crippen molar-refractivity contribution in [1.29, 1.82) is 0 Å². The van der Waals surface area contributed by atoms with Crippen LogP contribution >= 0.6 is 0 Å². The number of aromatic amines is 1. The molecule has 6 heteroatoms. The second-order valence-electron chi connectivity index (χ2n) is 7.36. The number of nitrogens with one attached hydrogen (secondary N) is 2. The number of carbonyl (C=O) groups is 2. The van der Waals surface area contributed by atoms with Gasteiger partial charge in [-0.25, -0.2) is 4.79 Å². The molecule has 2 fully saturated rings. The van der Waals surface area contributed by atoms with Crippen LogP contribution in [0, 0.1) is 0 Å². The van der Waals surface area contributed by atoms with Gasteiger partial charge in [0.25, 0.3) is 0 Å². The normalized spacial score (nSPS) is 23.4. The van der Waals surface area contributed by atoms with Gasteiger partial charge in [-0.2, -0.15) is 0 Å². The van der Waals surface area contributed by atoms with Gasteiger partial charge >= 0.3 is 6.03 Å². The van der Waals surface area contributed by atoms with Crippen LogP contribution in [-0.4, -0.2) is 59.9 Å². The highest BCUT2D eigenvalue weighted by Crippen LogP contribution is 2.41. The highest BCUT2D eigenvalue weighted by Gasteiger charge is 2.33. The predicted octanol–water partition coefficient (Wildman–Crippen LogP) is 2.07. The molecule has 1 aromatic carbocycles. The number of amides is 3. The maximum atomic E-state index is 11.7. The Bertz CT molecular complexity index is 804. The lowest BCUT2D eigenvalue weighted by Gasteiger charge is -2.39. The summed E-state index contributed by atoms with van der Waals surface area (Å²) in [5, 5.41) is 3.84. The molecule has 0 radical (unpaired) electrons. The maximum absolute atomic E-state index is 11.7. The molecule has 1 aliphatic heterocycles. The van der Waals surface area contributed by atoms with Crippen LogP contribution in [0.25, 0.3) is 10.9 Å². The quantitative estimate of drug-likeness (QED) is 0.819. The van der Waals surface area contributed by atoms with Crippen molar-refractivity contribution in [2.45, 2.75) is 31.2 Å². The molecular weight excluding hydrogens is 316 g/mol. The molecule has 2 aromatic rings. The van der Waals surface area contributed by atoms with Crippen molar-refractivity contribution in [2.24, 2.45) is 0 Å². The molecule has 0 atom stereocenters. The third-order valence-electron chi connectivity index (χ3n) is 5.62. The minimum Gasteiger partial charge on any atom is -0.361 e. The Morgan fingerprint density at radius 1 is 1.24 bits per heavy atom. The number of H-pyrrole nitrogens is 1. The number of fused-ring (bicyclic) bond motifs is 1. The molecule has 25 heavy (non-hydrogen) atoms. The van der Waals surface area contributed by atoms with Gasteiger partial charge in [0.05, 0.1) is 6.54 Å². The molecule has 2 heterocycles. The van der Waals surface area contributed by atoms with Crippen molar-refractivity contribution in [3.8, 4) is 0 Å². The topological polar surface area (TPSA) is 68.4 Å². The number of benzene rings is 1. The van der Waals surface area contributed by atoms with E-state index < -0.39 is 0 Å². The van der Waals surface area contributed by atoms with E-state index in [9.17, 15) is 9.59 Å². The van der Waals surface area contributed by atoms with Crippen LogP contribution in [-0.2, 0) is 11.2 Å². The summed E-state index contributed by atoms with van der Waals surface area (Å²) in [6.07, 6.45) is 5.23. The lowest BCUT2D eigenvalue weighted by Crippen LogP contribution is -2.39. The van der Waals surface area contributed by atoms with Crippen molar-refractivity contribution >= 4 is 22.8 Å². The maximum Gasteiger partial charge on any atom is 0.324 e. The number of aromatic nitrogens is 1. The largest absolute Gasteiger partial charge is 0.361 e. The summed E-state index contributed by atoms with van der Waals surface area (Å²) in [7, 11) is 4.29. The number of hydrogen-bond donors (Lipinski definition) is 2. The molecule has 1 saturated heterocycles. The van der Waals surface area contributed by atoms with Gasteiger partial charge in [-0.05, 0) is 62.5 Å². The second-order valence-corrected chi connectivity index (χ2v) is 7.36. The van der Waals surface area contributed by atoms with E-state index in [4.69, 9.17) is 0 Å². The average molecular weight is 340 g/mol. The molecule has 4 rings (SSSR count). The summed E-state index contributed by atoms with van der Waals surface area (Å²) in [5.41, 5.74) is 3.70. The SMILES string of the molecule is CN(C)[C@H]1C[C@H](c2c[nH]c3ccc(CCN4C(=O)CNC4=O)cc32)C1. The Kier molecular flexibility index (Phi) is 4.00. The Balaban J connectivity index is 1.49. The van der Waals surface area contributed by atoms with Crippen molar-refractivity contribution in [3.63, 3.8) is 0 Å². The van der Waals surface area contributed by atoms with E-state index in [1.54, 1.807) is 0 Å². The van der Waals surface area contributed by atoms with E-state index in [-0.39, 0.29) is 18.5 Å². The van der Waals surface area contributed by atoms with Gasteiger partial charge in [-0.15, -0.1) is 0 Å². The third kappa shape index (κ3) is 2.91. The Morgan fingerprint density at radius 3 is 2.72 bits per heavy atom. The first kappa shape index (κ1) is 16.1. The molecule has 0 bridgehead atoms. The minimum atomic E-state index is -0.280. The van der Waals surface area contributed by atoms with Gasteiger partial charge in [0.15, 0.2) is 0 Å². The summed E-state index contributed by atoms with van der Waals surface area (Å²) >= 11 is 0. The fourth-order valence-corrected chi connectivity index (χ4v) is 3.87. The van der Waals surface area contributed by atoms with Crippen LogP contribution in [0.2, 0.25) is 0 Å². The number of rotatable bonds is 5. The molecular formula is C19H24N4O2. The van der Waals surface area contributed by atoms with Crippen LogP contribution < -0.4 is 5.32 Å². The van der Waals surface area contributed by atoms with Crippen LogP contribution in [0.3, 0.4) is 0 Å². The number of carbonyl (C=O) groups excluding carboxylic acids is 2. The number of imide groups is 1. The molecule has 132 valence electrons. The van der Waals surface area contributed by atoms with Crippen LogP contribution in [0.15, 0.2) is 24.4 Å². The number of nitrogens with zero attached hydrogens (tertiary/aromatic N) is 2. The lowest BCUT2D eigenvalue weighted by molar-refractivity contribution is -0.124.